The molecule has 0 saturated carbocycles. The zero-order valence-electron chi connectivity index (χ0n) is 10.5. The predicted molar refractivity (Wildman–Crippen MR) is 70.3 cm³/mol. The molecule has 0 spiro atoms. The molecule has 96 valence electrons. The molecule has 1 aromatic carbocycles. The molecule has 1 unspecified atom stereocenters. The molecule has 3 heteroatoms. The number of carbonyl (C=O) groups is 2. The van der Waals surface area contributed by atoms with Gasteiger partial charge in [0.25, 0.3) is 0 Å². The average molecular weight is 246 g/mol. The number of rotatable bonds is 7. The maximum atomic E-state index is 11.1. The molecular weight excluding hydrogens is 228 g/mol. The van der Waals surface area contributed by atoms with Gasteiger partial charge in [-0.15, -0.1) is 0 Å². The molecule has 1 aromatic rings. The number of hydrogen-bond acceptors (Lipinski definition) is 3. The first kappa shape index (κ1) is 14.2. The Labute approximate surface area is 107 Å². The summed E-state index contributed by atoms with van der Waals surface area (Å²) >= 11 is 0. The van der Waals surface area contributed by atoms with E-state index in [9.17, 15) is 9.59 Å². The minimum Gasteiger partial charge on any atom is -0.463 e. The fraction of sp³-hybridized carbons (Fsp3) is 0.333. The summed E-state index contributed by atoms with van der Waals surface area (Å²) in [6.45, 7) is 2.14. The average Bonchev–Trinajstić information content (AvgIpc) is 2.39. The van der Waals surface area contributed by atoms with Crippen molar-refractivity contribution in [3.63, 3.8) is 0 Å². The molecular formula is C15H18O3. The van der Waals surface area contributed by atoms with Gasteiger partial charge in [-0.2, -0.15) is 0 Å². The second-order valence-corrected chi connectivity index (χ2v) is 3.90. The third-order valence-electron chi connectivity index (χ3n) is 2.61. The van der Waals surface area contributed by atoms with Crippen LogP contribution >= 0.6 is 0 Å². The number of allylic oxidation sites excluding steroid dienone is 1. The topological polar surface area (TPSA) is 43.4 Å². The lowest BCUT2D eigenvalue weighted by molar-refractivity contribution is -0.137. The highest BCUT2D eigenvalue weighted by atomic mass is 16.5. The van der Waals surface area contributed by atoms with E-state index >= 15 is 0 Å². The van der Waals surface area contributed by atoms with Crippen LogP contribution in [0.5, 0.6) is 0 Å². The maximum Gasteiger partial charge on any atom is 0.330 e. The summed E-state index contributed by atoms with van der Waals surface area (Å²) in [7, 11) is 0. The lowest BCUT2D eigenvalue weighted by atomic mass is 9.93. The SMILES string of the molecule is CCOC(=O)/C=C/CC(CC=O)c1ccccc1. The minimum atomic E-state index is -0.338. The number of aldehydes is 1. The van der Waals surface area contributed by atoms with E-state index < -0.39 is 0 Å². The van der Waals surface area contributed by atoms with Gasteiger partial charge in [-0.3, -0.25) is 0 Å². The van der Waals surface area contributed by atoms with E-state index in [-0.39, 0.29) is 11.9 Å². The fourth-order valence-electron chi connectivity index (χ4n) is 1.73. The Hall–Kier alpha value is -1.90. The van der Waals surface area contributed by atoms with Crippen LogP contribution < -0.4 is 0 Å². The number of benzene rings is 1. The Morgan fingerprint density at radius 1 is 1.28 bits per heavy atom. The highest BCUT2D eigenvalue weighted by Gasteiger charge is 2.08. The van der Waals surface area contributed by atoms with Crippen LogP contribution in [0.3, 0.4) is 0 Å². The van der Waals surface area contributed by atoms with E-state index in [1.54, 1.807) is 13.0 Å². The molecule has 0 aliphatic carbocycles. The number of hydrogen-bond donors (Lipinski definition) is 0. The van der Waals surface area contributed by atoms with Gasteiger partial charge >= 0.3 is 5.97 Å². The number of esters is 1. The van der Waals surface area contributed by atoms with Gasteiger partial charge in [-0.05, 0) is 24.8 Å². The molecule has 0 heterocycles. The second-order valence-electron chi connectivity index (χ2n) is 3.90. The minimum absolute atomic E-state index is 0.120. The van der Waals surface area contributed by atoms with Crippen LogP contribution in [0.1, 0.15) is 31.2 Å². The normalized spacial score (nSPS) is 12.3. The summed E-state index contributed by atoms with van der Waals surface area (Å²) in [6, 6.07) is 9.82. The van der Waals surface area contributed by atoms with Crippen molar-refractivity contribution in [3.05, 3.63) is 48.0 Å². The highest BCUT2D eigenvalue weighted by molar-refractivity contribution is 5.81. The Kier molecular flexibility index (Phi) is 6.47. The molecule has 1 atom stereocenters. The van der Waals surface area contributed by atoms with E-state index in [0.29, 0.717) is 19.4 Å². The van der Waals surface area contributed by atoms with Crippen LogP contribution in [-0.4, -0.2) is 18.9 Å². The van der Waals surface area contributed by atoms with Crippen LogP contribution in [0.15, 0.2) is 42.5 Å². The van der Waals surface area contributed by atoms with Crippen LogP contribution in [0.2, 0.25) is 0 Å². The number of ether oxygens (including phenoxy) is 1. The molecule has 3 nitrogen and oxygen atoms in total. The third kappa shape index (κ3) is 4.95. The summed E-state index contributed by atoms with van der Waals surface area (Å²) in [6.07, 6.45) is 5.21. The van der Waals surface area contributed by atoms with Crippen LogP contribution in [-0.2, 0) is 14.3 Å². The zero-order chi connectivity index (χ0) is 13.2. The van der Waals surface area contributed by atoms with E-state index in [0.717, 1.165) is 11.8 Å². The van der Waals surface area contributed by atoms with Crippen molar-refractivity contribution >= 4 is 12.3 Å². The van der Waals surface area contributed by atoms with E-state index in [1.165, 1.54) is 6.08 Å². The van der Waals surface area contributed by atoms with Crippen molar-refractivity contribution in [2.75, 3.05) is 6.61 Å². The maximum absolute atomic E-state index is 11.1. The fourth-order valence-corrected chi connectivity index (χ4v) is 1.73. The van der Waals surface area contributed by atoms with Gasteiger partial charge in [0.1, 0.15) is 6.29 Å². The van der Waals surface area contributed by atoms with Crippen LogP contribution in [0.4, 0.5) is 0 Å². The molecule has 0 fully saturated rings. The lowest BCUT2D eigenvalue weighted by Crippen LogP contribution is -2.01. The first-order valence-electron chi connectivity index (χ1n) is 6.09. The smallest absolute Gasteiger partial charge is 0.330 e. The molecule has 0 aromatic heterocycles. The molecule has 0 bridgehead atoms. The molecule has 18 heavy (non-hydrogen) atoms. The van der Waals surface area contributed by atoms with Gasteiger partial charge < -0.3 is 9.53 Å². The van der Waals surface area contributed by atoms with Crippen LogP contribution in [0, 0.1) is 0 Å². The summed E-state index contributed by atoms with van der Waals surface area (Å²) in [4.78, 5) is 21.8. The van der Waals surface area contributed by atoms with Crippen molar-refractivity contribution in [1.82, 2.24) is 0 Å². The van der Waals surface area contributed by atoms with Gasteiger partial charge in [0.15, 0.2) is 0 Å². The van der Waals surface area contributed by atoms with E-state index in [2.05, 4.69) is 0 Å². The molecule has 0 aliphatic heterocycles. The molecule has 0 radical (unpaired) electrons. The molecule has 0 saturated heterocycles. The molecule has 0 N–H and O–H groups in total. The monoisotopic (exact) mass is 246 g/mol. The van der Waals surface area contributed by atoms with E-state index in [1.807, 2.05) is 30.3 Å². The first-order chi connectivity index (χ1) is 8.77. The third-order valence-corrected chi connectivity index (χ3v) is 2.61. The molecule has 1 rings (SSSR count). The Bertz CT molecular complexity index is 395. The summed E-state index contributed by atoms with van der Waals surface area (Å²) in [5.41, 5.74) is 1.11. The Balaban J connectivity index is 2.59. The molecule has 0 aliphatic rings. The standard InChI is InChI=1S/C15H18O3/c1-2-18-15(17)10-6-9-14(11-12-16)13-7-4-3-5-8-13/h3-8,10,12,14H,2,9,11H2,1H3/b10-6+. The van der Waals surface area contributed by atoms with Crippen molar-refractivity contribution in [1.29, 1.82) is 0 Å². The lowest BCUT2D eigenvalue weighted by Gasteiger charge is -2.11. The van der Waals surface area contributed by atoms with Gasteiger partial charge in [-0.25, -0.2) is 4.79 Å². The Morgan fingerprint density at radius 2 is 2.00 bits per heavy atom. The van der Waals surface area contributed by atoms with Gasteiger partial charge in [-0.1, -0.05) is 36.4 Å². The summed E-state index contributed by atoms with van der Waals surface area (Å²) in [5.74, 6) is -0.218. The molecule has 0 amide bonds. The van der Waals surface area contributed by atoms with Gasteiger partial charge in [0, 0.05) is 12.5 Å². The van der Waals surface area contributed by atoms with Gasteiger partial charge in [0.05, 0.1) is 6.61 Å². The summed E-state index contributed by atoms with van der Waals surface area (Å²) in [5, 5.41) is 0. The summed E-state index contributed by atoms with van der Waals surface area (Å²) < 4.78 is 4.79. The van der Waals surface area contributed by atoms with Crippen molar-refractivity contribution in [3.8, 4) is 0 Å². The zero-order valence-corrected chi connectivity index (χ0v) is 10.5. The quantitative estimate of drug-likeness (QED) is 0.422. The van der Waals surface area contributed by atoms with Gasteiger partial charge in [0.2, 0.25) is 0 Å². The van der Waals surface area contributed by atoms with Crippen molar-refractivity contribution in [2.24, 2.45) is 0 Å². The second kappa shape index (κ2) is 8.23. The Morgan fingerprint density at radius 3 is 2.61 bits per heavy atom. The highest BCUT2D eigenvalue weighted by Crippen LogP contribution is 2.22. The van der Waals surface area contributed by atoms with Crippen molar-refractivity contribution < 1.29 is 14.3 Å². The van der Waals surface area contributed by atoms with Crippen molar-refractivity contribution in [2.45, 2.75) is 25.7 Å². The van der Waals surface area contributed by atoms with Crippen LogP contribution in [0.25, 0.3) is 0 Å². The largest absolute Gasteiger partial charge is 0.463 e. The predicted octanol–water partition coefficient (Wildman–Crippen LogP) is 2.87. The van der Waals surface area contributed by atoms with E-state index in [4.69, 9.17) is 4.74 Å². The first-order valence-corrected chi connectivity index (χ1v) is 6.09. The number of carbonyl (C=O) groups excluding carboxylic acids is 2.